The van der Waals surface area contributed by atoms with Crippen LogP contribution >= 0.6 is 35.0 Å². The molecule has 2 aromatic rings. The third-order valence-electron chi connectivity index (χ3n) is 2.51. The SMILES string of the molecule is N#CCc1cc(Sc2ccc(Cl)c(Cl)c2)ccc1N. The summed E-state index contributed by atoms with van der Waals surface area (Å²) in [7, 11) is 0. The van der Waals surface area contributed by atoms with E-state index in [1.54, 1.807) is 17.8 Å². The van der Waals surface area contributed by atoms with Crippen molar-refractivity contribution in [2.45, 2.75) is 16.2 Å². The lowest BCUT2D eigenvalue weighted by Crippen LogP contribution is -1.93. The largest absolute Gasteiger partial charge is 0.398 e. The standard InChI is InChI=1S/C14H10Cl2N2S/c15-12-3-1-11(8-13(12)16)19-10-2-4-14(18)9(7-10)5-6-17/h1-4,7-8H,5,18H2. The van der Waals surface area contributed by atoms with Gasteiger partial charge in [-0.05, 0) is 42.0 Å². The molecule has 0 aliphatic heterocycles. The van der Waals surface area contributed by atoms with Crippen LogP contribution in [0.2, 0.25) is 10.0 Å². The van der Waals surface area contributed by atoms with E-state index in [9.17, 15) is 0 Å². The average Bonchev–Trinajstić information content (AvgIpc) is 2.38. The minimum Gasteiger partial charge on any atom is -0.398 e. The Morgan fingerprint density at radius 2 is 1.74 bits per heavy atom. The maximum Gasteiger partial charge on any atom is 0.0670 e. The van der Waals surface area contributed by atoms with Gasteiger partial charge in [-0.2, -0.15) is 5.26 Å². The number of nitrogens with two attached hydrogens (primary N) is 1. The molecule has 0 unspecified atom stereocenters. The lowest BCUT2D eigenvalue weighted by molar-refractivity contribution is 1.23. The molecule has 2 aromatic carbocycles. The highest BCUT2D eigenvalue weighted by molar-refractivity contribution is 7.99. The summed E-state index contributed by atoms with van der Waals surface area (Å²) >= 11 is 13.4. The predicted molar refractivity (Wildman–Crippen MR) is 80.8 cm³/mol. The minimum atomic E-state index is 0.307. The first-order valence-corrected chi connectivity index (χ1v) is 7.05. The first-order chi connectivity index (χ1) is 9.10. The molecule has 2 nitrogen and oxygen atoms in total. The number of nitrogen functional groups attached to an aromatic ring is 1. The molecule has 0 heterocycles. The Kier molecular flexibility index (Phi) is 4.60. The van der Waals surface area contributed by atoms with Gasteiger partial charge in [-0.1, -0.05) is 35.0 Å². The van der Waals surface area contributed by atoms with Crippen LogP contribution in [0.3, 0.4) is 0 Å². The van der Waals surface area contributed by atoms with E-state index < -0.39 is 0 Å². The van der Waals surface area contributed by atoms with Crippen molar-refractivity contribution in [2.75, 3.05) is 5.73 Å². The monoisotopic (exact) mass is 308 g/mol. The Balaban J connectivity index is 2.25. The van der Waals surface area contributed by atoms with Crippen molar-refractivity contribution in [3.8, 4) is 6.07 Å². The lowest BCUT2D eigenvalue weighted by atomic mass is 10.1. The molecule has 0 aliphatic carbocycles. The number of rotatable bonds is 3. The van der Waals surface area contributed by atoms with Crippen LogP contribution in [0.15, 0.2) is 46.2 Å². The summed E-state index contributed by atoms with van der Waals surface area (Å²) in [6.45, 7) is 0. The van der Waals surface area contributed by atoms with Crippen molar-refractivity contribution in [3.63, 3.8) is 0 Å². The number of benzene rings is 2. The number of nitriles is 1. The van der Waals surface area contributed by atoms with Crippen LogP contribution < -0.4 is 5.73 Å². The normalized spacial score (nSPS) is 10.2. The average molecular weight is 309 g/mol. The Bertz CT molecular complexity index is 650. The molecule has 0 bridgehead atoms. The molecular weight excluding hydrogens is 299 g/mol. The summed E-state index contributed by atoms with van der Waals surface area (Å²) in [6.07, 6.45) is 0.307. The van der Waals surface area contributed by atoms with Gasteiger partial charge >= 0.3 is 0 Å². The molecule has 5 heteroatoms. The molecule has 0 saturated carbocycles. The van der Waals surface area contributed by atoms with E-state index >= 15 is 0 Å². The quantitative estimate of drug-likeness (QED) is 0.829. The van der Waals surface area contributed by atoms with Crippen LogP contribution in [0.5, 0.6) is 0 Å². The fourth-order valence-electron chi connectivity index (χ4n) is 1.56. The van der Waals surface area contributed by atoms with Crippen molar-refractivity contribution in [3.05, 3.63) is 52.0 Å². The van der Waals surface area contributed by atoms with Gasteiger partial charge in [0, 0.05) is 15.5 Å². The van der Waals surface area contributed by atoms with Crippen LogP contribution in [-0.2, 0) is 6.42 Å². The first-order valence-electron chi connectivity index (χ1n) is 5.48. The van der Waals surface area contributed by atoms with Gasteiger partial charge in [0.15, 0.2) is 0 Å². The molecule has 0 spiro atoms. The van der Waals surface area contributed by atoms with Crippen molar-refractivity contribution >= 4 is 40.7 Å². The fraction of sp³-hybridized carbons (Fsp3) is 0.0714. The van der Waals surface area contributed by atoms with Gasteiger partial charge in [0.2, 0.25) is 0 Å². The van der Waals surface area contributed by atoms with Crippen molar-refractivity contribution in [1.29, 1.82) is 5.26 Å². The topological polar surface area (TPSA) is 49.8 Å². The zero-order valence-electron chi connectivity index (χ0n) is 9.86. The van der Waals surface area contributed by atoms with Crippen molar-refractivity contribution in [2.24, 2.45) is 0 Å². The summed E-state index contributed by atoms with van der Waals surface area (Å²) in [5.41, 5.74) is 7.29. The lowest BCUT2D eigenvalue weighted by Gasteiger charge is -2.07. The van der Waals surface area contributed by atoms with Crippen LogP contribution in [0, 0.1) is 11.3 Å². The highest BCUT2D eigenvalue weighted by atomic mass is 35.5. The number of hydrogen-bond donors (Lipinski definition) is 1. The smallest absolute Gasteiger partial charge is 0.0670 e. The van der Waals surface area contributed by atoms with Crippen LogP contribution in [0.4, 0.5) is 5.69 Å². The molecule has 0 radical (unpaired) electrons. The maximum absolute atomic E-state index is 8.75. The van der Waals surface area contributed by atoms with E-state index in [4.69, 9.17) is 34.2 Å². The van der Waals surface area contributed by atoms with Gasteiger partial charge in [0.05, 0.1) is 22.5 Å². The van der Waals surface area contributed by atoms with Gasteiger partial charge in [0.1, 0.15) is 0 Å². The van der Waals surface area contributed by atoms with E-state index in [0.717, 1.165) is 15.4 Å². The summed E-state index contributed by atoms with van der Waals surface area (Å²) in [5.74, 6) is 0. The Hall–Kier alpha value is -1.34. The maximum atomic E-state index is 8.75. The summed E-state index contributed by atoms with van der Waals surface area (Å²) in [5, 5.41) is 9.81. The first kappa shape index (κ1) is 14.1. The number of hydrogen-bond acceptors (Lipinski definition) is 3. The van der Waals surface area contributed by atoms with Gasteiger partial charge in [-0.3, -0.25) is 0 Å². The fourth-order valence-corrected chi connectivity index (χ4v) is 2.85. The van der Waals surface area contributed by atoms with E-state index in [2.05, 4.69) is 6.07 Å². The molecular formula is C14H10Cl2N2S. The van der Waals surface area contributed by atoms with Gasteiger partial charge < -0.3 is 5.73 Å². The third-order valence-corrected chi connectivity index (χ3v) is 4.23. The molecule has 2 rings (SSSR count). The Morgan fingerprint density at radius 1 is 1.05 bits per heavy atom. The minimum absolute atomic E-state index is 0.307. The zero-order valence-corrected chi connectivity index (χ0v) is 12.2. The predicted octanol–water partition coefficient (Wildman–Crippen LogP) is 4.79. The van der Waals surface area contributed by atoms with Gasteiger partial charge in [-0.25, -0.2) is 0 Å². The Labute approximate surface area is 126 Å². The second kappa shape index (κ2) is 6.21. The van der Waals surface area contributed by atoms with Crippen LogP contribution in [-0.4, -0.2) is 0 Å². The van der Waals surface area contributed by atoms with E-state index in [-0.39, 0.29) is 0 Å². The molecule has 19 heavy (non-hydrogen) atoms. The van der Waals surface area contributed by atoms with Crippen LogP contribution in [0.1, 0.15) is 5.56 Å². The van der Waals surface area contributed by atoms with Crippen LogP contribution in [0.25, 0.3) is 0 Å². The van der Waals surface area contributed by atoms with E-state index in [1.165, 1.54) is 0 Å². The number of halogens is 2. The second-order valence-corrected chi connectivity index (χ2v) is 5.83. The molecule has 0 aliphatic rings. The zero-order chi connectivity index (χ0) is 13.8. The third kappa shape index (κ3) is 3.57. The molecule has 0 atom stereocenters. The van der Waals surface area contributed by atoms with Crippen molar-refractivity contribution < 1.29 is 0 Å². The molecule has 0 fully saturated rings. The second-order valence-electron chi connectivity index (χ2n) is 3.87. The van der Waals surface area contributed by atoms with E-state index in [1.807, 2.05) is 30.3 Å². The highest BCUT2D eigenvalue weighted by Crippen LogP contribution is 2.33. The Morgan fingerprint density at radius 3 is 2.42 bits per heavy atom. The van der Waals surface area contributed by atoms with Crippen molar-refractivity contribution in [1.82, 2.24) is 0 Å². The summed E-state index contributed by atoms with van der Waals surface area (Å²) in [6, 6.07) is 13.2. The summed E-state index contributed by atoms with van der Waals surface area (Å²) < 4.78 is 0. The van der Waals surface area contributed by atoms with E-state index in [0.29, 0.717) is 22.2 Å². The molecule has 0 aromatic heterocycles. The highest BCUT2D eigenvalue weighted by Gasteiger charge is 2.05. The van der Waals surface area contributed by atoms with Gasteiger partial charge in [0.25, 0.3) is 0 Å². The molecule has 0 saturated heterocycles. The number of anilines is 1. The number of nitrogens with zero attached hydrogens (tertiary/aromatic N) is 1. The summed E-state index contributed by atoms with van der Waals surface area (Å²) in [4.78, 5) is 2.00. The van der Waals surface area contributed by atoms with Gasteiger partial charge in [-0.15, -0.1) is 0 Å². The molecule has 96 valence electrons. The molecule has 2 N–H and O–H groups in total. The molecule has 0 amide bonds.